The van der Waals surface area contributed by atoms with E-state index in [0.717, 1.165) is 18.4 Å². The molecule has 31 heavy (non-hydrogen) atoms. The van der Waals surface area contributed by atoms with E-state index in [9.17, 15) is 21.6 Å². The second-order valence-electron chi connectivity index (χ2n) is 7.92. The fraction of sp³-hybridized carbons (Fsp3) is 0.684. The quantitative estimate of drug-likeness (QED) is 0.708. The number of nitrogens with zero attached hydrogens (tertiary/aromatic N) is 2. The van der Waals surface area contributed by atoms with Gasteiger partial charge < -0.3 is 14.6 Å². The normalized spacial score (nSPS) is 21.3. The Morgan fingerprint density at radius 1 is 1.42 bits per heavy atom. The van der Waals surface area contributed by atoms with Crippen molar-refractivity contribution < 1.29 is 41.0 Å². The van der Waals surface area contributed by atoms with E-state index in [1.807, 2.05) is 19.2 Å². The summed E-state index contributed by atoms with van der Waals surface area (Å²) in [5.41, 5.74) is 1.90. The Morgan fingerprint density at radius 2 is 2.03 bits per heavy atom. The number of aliphatic carboxylic acids is 1. The van der Waals surface area contributed by atoms with E-state index in [-0.39, 0.29) is 17.0 Å². The minimum absolute atomic E-state index is 0.0993. The number of pyridine rings is 1. The van der Waals surface area contributed by atoms with Gasteiger partial charge in [0.15, 0.2) is 0 Å². The van der Waals surface area contributed by atoms with Crippen molar-refractivity contribution in [3.05, 3.63) is 29.6 Å². The van der Waals surface area contributed by atoms with Gasteiger partial charge in [0, 0.05) is 38.5 Å². The highest BCUT2D eigenvalue weighted by Crippen LogP contribution is 2.37. The molecule has 2 aliphatic heterocycles. The molecule has 0 aromatic carbocycles. The molecule has 1 atom stereocenters. The van der Waals surface area contributed by atoms with E-state index in [0.29, 0.717) is 26.3 Å². The Hall–Kier alpha value is -1.76. The molecule has 2 saturated heterocycles. The molecule has 8 nitrogen and oxygen atoms in total. The summed E-state index contributed by atoms with van der Waals surface area (Å²) in [6.45, 7) is 7.51. The molecule has 2 fully saturated rings. The number of ether oxygens (including phenoxy) is 2. The van der Waals surface area contributed by atoms with Crippen molar-refractivity contribution >= 4 is 16.0 Å². The summed E-state index contributed by atoms with van der Waals surface area (Å²) < 4.78 is 69.6. The molecule has 1 aromatic rings. The number of carboxylic acids is 1. The number of carbonyl (C=O) groups is 1. The van der Waals surface area contributed by atoms with E-state index in [1.165, 1.54) is 9.87 Å². The van der Waals surface area contributed by atoms with E-state index < -0.39 is 22.2 Å². The van der Waals surface area contributed by atoms with Crippen LogP contribution >= 0.6 is 0 Å². The molecule has 3 rings (SSSR count). The average molecular weight is 468 g/mol. The van der Waals surface area contributed by atoms with Gasteiger partial charge in [-0.1, -0.05) is 0 Å². The van der Waals surface area contributed by atoms with Crippen molar-refractivity contribution in [1.29, 1.82) is 0 Å². The molecular formula is C19H27F3N2O6S. The highest BCUT2D eigenvalue weighted by atomic mass is 32.2. The number of aromatic nitrogens is 1. The fourth-order valence-corrected chi connectivity index (χ4v) is 4.70. The van der Waals surface area contributed by atoms with Gasteiger partial charge in [-0.05, 0) is 44.4 Å². The average Bonchev–Trinajstić information content (AvgIpc) is 2.65. The van der Waals surface area contributed by atoms with Crippen molar-refractivity contribution in [2.24, 2.45) is 0 Å². The molecule has 1 N–H and O–H groups in total. The lowest BCUT2D eigenvalue weighted by Gasteiger charge is -2.52. The maximum atomic E-state index is 12.2. The summed E-state index contributed by atoms with van der Waals surface area (Å²) in [6.07, 6.45) is 0.224. The van der Waals surface area contributed by atoms with Crippen LogP contribution in [0.2, 0.25) is 0 Å². The topological polar surface area (TPSA) is 106 Å². The van der Waals surface area contributed by atoms with E-state index >= 15 is 0 Å². The number of hydrogen-bond donors (Lipinski definition) is 1. The molecule has 0 radical (unpaired) electrons. The van der Waals surface area contributed by atoms with Crippen LogP contribution < -0.4 is 0 Å². The van der Waals surface area contributed by atoms with Crippen molar-refractivity contribution in [3.8, 4) is 0 Å². The van der Waals surface area contributed by atoms with Gasteiger partial charge in [-0.15, -0.1) is 0 Å². The minimum atomic E-state index is -5.08. The number of rotatable bonds is 5. The van der Waals surface area contributed by atoms with E-state index in [1.54, 1.807) is 20.0 Å². The van der Waals surface area contributed by atoms with Crippen LogP contribution in [0.1, 0.15) is 37.8 Å². The van der Waals surface area contributed by atoms with Crippen molar-refractivity contribution in [1.82, 2.24) is 9.29 Å². The summed E-state index contributed by atoms with van der Waals surface area (Å²) in [5, 5.41) is 6.74. The molecule has 0 bridgehead atoms. The SMILES string of the molecule is Cc1ccncc1COC1CCOC2(C1)CN(S(=O)(=O)C(C)C)C2.O=C(O)C(F)(F)F. The maximum Gasteiger partial charge on any atom is 0.490 e. The van der Waals surface area contributed by atoms with Crippen molar-refractivity contribution in [3.63, 3.8) is 0 Å². The standard InChI is InChI=1S/C17H26N2O4S.C2HF3O2/c1-13(2)24(20,21)19-11-17(12-19)8-16(5-7-23-17)22-10-15-9-18-6-4-14(15)3;3-2(4,5)1(6)7/h4,6,9,13,16H,5,7-8,10-12H2,1-3H3;(H,6,7). The van der Waals surface area contributed by atoms with Crippen molar-refractivity contribution in [2.75, 3.05) is 19.7 Å². The zero-order chi connectivity index (χ0) is 23.4. The second kappa shape index (κ2) is 9.80. The number of carboxylic acid groups (broad SMARTS) is 1. The molecule has 1 spiro atoms. The summed E-state index contributed by atoms with van der Waals surface area (Å²) in [6, 6.07) is 1.98. The van der Waals surface area contributed by atoms with Crippen LogP contribution in [0.3, 0.4) is 0 Å². The molecule has 1 aromatic heterocycles. The van der Waals surface area contributed by atoms with E-state index in [4.69, 9.17) is 19.4 Å². The highest BCUT2D eigenvalue weighted by Gasteiger charge is 2.52. The second-order valence-corrected chi connectivity index (χ2v) is 10.4. The van der Waals surface area contributed by atoms with Crippen molar-refractivity contribution in [2.45, 2.75) is 63.4 Å². The lowest BCUT2D eigenvalue weighted by Crippen LogP contribution is -2.67. The molecule has 1 unspecified atom stereocenters. The molecule has 3 heterocycles. The summed E-state index contributed by atoms with van der Waals surface area (Å²) in [7, 11) is -3.19. The van der Waals surface area contributed by atoms with Crippen LogP contribution in [0.4, 0.5) is 13.2 Å². The zero-order valence-electron chi connectivity index (χ0n) is 17.6. The smallest absolute Gasteiger partial charge is 0.475 e. The van der Waals surface area contributed by atoms with Crippen LogP contribution in [-0.4, -0.2) is 71.6 Å². The van der Waals surface area contributed by atoms with Crippen LogP contribution in [0.15, 0.2) is 18.5 Å². The monoisotopic (exact) mass is 468 g/mol. The fourth-order valence-electron chi connectivity index (χ4n) is 3.28. The van der Waals surface area contributed by atoms with Gasteiger partial charge >= 0.3 is 12.1 Å². The molecule has 0 aliphatic carbocycles. The van der Waals surface area contributed by atoms with E-state index in [2.05, 4.69) is 4.98 Å². The largest absolute Gasteiger partial charge is 0.490 e. The number of halogens is 3. The summed E-state index contributed by atoms with van der Waals surface area (Å²) >= 11 is 0. The Balaban J connectivity index is 0.000000423. The van der Waals surface area contributed by atoms with Crippen LogP contribution in [0.5, 0.6) is 0 Å². The molecular weight excluding hydrogens is 441 g/mol. The zero-order valence-corrected chi connectivity index (χ0v) is 18.4. The molecule has 0 amide bonds. The predicted molar refractivity (Wildman–Crippen MR) is 105 cm³/mol. The predicted octanol–water partition coefficient (Wildman–Crippen LogP) is 2.51. The van der Waals surface area contributed by atoms with Gasteiger partial charge in [-0.3, -0.25) is 4.98 Å². The minimum Gasteiger partial charge on any atom is -0.475 e. The van der Waals surface area contributed by atoms with Gasteiger partial charge in [0.25, 0.3) is 0 Å². The first kappa shape index (κ1) is 25.5. The van der Waals surface area contributed by atoms with Gasteiger partial charge in [-0.2, -0.15) is 17.5 Å². The van der Waals surface area contributed by atoms with Gasteiger partial charge in [0.2, 0.25) is 10.0 Å². The van der Waals surface area contributed by atoms with Gasteiger partial charge in [0.05, 0.1) is 23.6 Å². The third-order valence-corrected chi connectivity index (χ3v) is 7.37. The van der Waals surface area contributed by atoms with Crippen LogP contribution in [-0.2, 0) is 30.9 Å². The molecule has 2 aliphatic rings. The number of aryl methyl sites for hydroxylation is 1. The first-order chi connectivity index (χ1) is 14.3. The first-order valence-electron chi connectivity index (χ1n) is 9.71. The molecule has 176 valence electrons. The van der Waals surface area contributed by atoms with Crippen LogP contribution in [0, 0.1) is 6.92 Å². The van der Waals surface area contributed by atoms with Crippen LogP contribution in [0.25, 0.3) is 0 Å². The number of sulfonamides is 1. The Bertz CT molecular complexity index is 870. The number of alkyl halides is 3. The van der Waals surface area contributed by atoms with Gasteiger partial charge in [0.1, 0.15) is 0 Å². The summed E-state index contributed by atoms with van der Waals surface area (Å²) in [4.78, 5) is 13.0. The lowest BCUT2D eigenvalue weighted by atomic mass is 9.86. The molecule has 12 heteroatoms. The third kappa shape index (κ3) is 6.61. The Labute approximate surface area is 179 Å². The van der Waals surface area contributed by atoms with Gasteiger partial charge in [-0.25, -0.2) is 13.2 Å². The summed E-state index contributed by atoms with van der Waals surface area (Å²) in [5.74, 6) is -2.76. The number of hydrogen-bond acceptors (Lipinski definition) is 6. The maximum absolute atomic E-state index is 12.2. The highest BCUT2D eigenvalue weighted by molar-refractivity contribution is 7.89. The first-order valence-corrected chi connectivity index (χ1v) is 11.2. The third-order valence-electron chi connectivity index (χ3n) is 5.20. The Kier molecular flexibility index (Phi) is 8.06. The lowest BCUT2D eigenvalue weighted by molar-refractivity contribution is -0.192. The Morgan fingerprint density at radius 3 is 2.55 bits per heavy atom. The molecule has 0 saturated carbocycles.